The first-order valence-electron chi connectivity index (χ1n) is 12.4. The highest BCUT2D eigenvalue weighted by Gasteiger charge is 2.43. The Hall–Kier alpha value is -3.38. The number of carbonyl (C=O) groups is 1. The third kappa shape index (κ3) is 4.50. The molecule has 182 valence electrons. The Bertz CT molecular complexity index is 1220. The van der Waals surface area contributed by atoms with Crippen LogP contribution in [0.4, 0.5) is 5.69 Å². The molecule has 0 aliphatic carbocycles. The minimum absolute atomic E-state index is 0.0592. The van der Waals surface area contributed by atoms with Crippen LogP contribution in [-0.4, -0.2) is 56.1 Å². The number of fused-ring (bicyclic) bond motifs is 4. The number of hydrogen-bond acceptors (Lipinski definition) is 5. The van der Waals surface area contributed by atoms with Gasteiger partial charge in [-0.3, -0.25) is 14.7 Å². The van der Waals surface area contributed by atoms with Crippen molar-refractivity contribution < 1.29 is 9.53 Å². The number of rotatable bonds is 7. The van der Waals surface area contributed by atoms with Crippen molar-refractivity contribution in [3.63, 3.8) is 0 Å². The molecule has 1 N–H and O–H groups in total. The zero-order valence-electron chi connectivity index (χ0n) is 20.8. The van der Waals surface area contributed by atoms with E-state index in [1.807, 2.05) is 67.7 Å². The zero-order chi connectivity index (χ0) is 24.5. The smallest absolute Gasteiger partial charge is 0.251 e. The van der Waals surface area contributed by atoms with Crippen LogP contribution in [0.25, 0.3) is 10.9 Å². The van der Waals surface area contributed by atoms with Crippen LogP contribution < -0.4 is 15.0 Å². The van der Waals surface area contributed by atoms with E-state index in [1.165, 1.54) is 6.42 Å². The molecule has 1 aromatic heterocycles. The lowest BCUT2D eigenvalue weighted by atomic mass is 9.73. The molecule has 6 heteroatoms. The number of ether oxygens (including phenoxy) is 1. The van der Waals surface area contributed by atoms with Crippen LogP contribution in [-0.2, 0) is 0 Å². The number of pyridine rings is 1. The summed E-state index contributed by atoms with van der Waals surface area (Å²) in [5.74, 6) is 1.84. The molecule has 3 fully saturated rings. The summed E-state index contributed by atoms with van der Waals surface area (Å²) >= 11 is 0. The molecule has 1 unspecified atom stereocenters. The van der Waals surface area contributed by atoms with Gasteiger partial charge in [0.1, 0.15) is 5.75 Å². The second-order valence-electron chi connectivity index (χ2n) is 9.92. The zero-order valence-corrected chi connectivity index (χ0v) is 20.8. The molecular weight excluding hydrogens is 436 g/mol. The first kappa shape index (κ1) is 23.4. The second kappa shape index (κ2) is 9.70. The van der Waals surface area contributed by atoms with Crippen molar-refractivity contribution in [2.45, 2.75) is 24.9 Å². The largest absolute Gasteiger partial charge is 0.497 e. The minimum Gasteiger partial charge on any atom is -0.497 e. The number of methoxy groups -OCH3 is 1. The van der Waals surface area contributed by atoms with Gasteiger partial charge in [0.25, 0.3) is 5.91 Å². The van der Waals surface area contributed by atoms with E-state index < -0.39 is 0 Å². The van der Waals surface area contributed by atoms with Crippen molar-refractivity contribution >= 4 is 22.5 Å². The summed E-state index contributed by atoms with van der Waals surface area (Å²) in [6.45, 7) is 6.12. The van der Waals surface area contributed by atoms with Crippen molar-refractivity contribution in [2.75, 3.05) is 39.2 Å². The molecule has 3 saturated heterocycles. The van der Waals surface area contributed by atoms with E-state index in [-0.39, 0.29) is 18.0 Å². The van der Waals surface area contributed by atoms with Crippen LogP contribution >= 0.6 is 0 Å². The Morgan fingerprint density at radius 2 is 2.03 bits per heavy atom. The number of anilines is 1. The highest BCUT2D eigenvalue weighted by atomic mass is 16.5. The van der Waals surface area contributed by atoms with Crippen molar-refractivity contribution in [2.24, 2.45) is 11.8 Å². The lowest BCUT2D eigenvalue weighted by molar-refractivity contribution is 0.00171. The fraction of sp³-hybridized carbons (Fsp3) is 0.379. The van der Waals surface area contributed by atoms with Gasteiger partial charge in [-0.1, -0.05) is 6.08 Å². The van der Waals surface area contributed by atoms with Gasteiger partial charge >= 0.3 is 0 Å². The van der Waals surface area contributed by atoms with E-state index in [9.17, 15) is 4.79 Å². The summed E-state index contributed by atoms with van der Waals surface area (Å²) in [4.78, 5) is 22.7. The average molecular weight is 471 g/mol. The highest BCUT2D eigenvalue weighted by Crippen LogP contribution is 2.42. The second-order valence-corrected chi connectivity index (χ2v) is 9.92. The summed E-state index contributed by atoms with van der Waals surface area (Å²) in [6, 6.07) is 15.8. The topological polar surface area (TPSA) is 57.7 Å². The van der Waals surface area contributed by atoms with Gasteiger partial charge < -0.3 is 15.0 Å². The van der Waals surface area contributed by atoms with Crippen LogP contribution in [0.1, 0.15) is 34.8 Å². The van der Waals surface area contributed by atoms with E-state index >= 15 is 0 Å². The van der Waals surface area contributed by atoms with Gasteiger partial charge in [-0.25, -0.2) is 0 Å². The maximum absolute atomic E-state index is 13.5. The number of nitrogens with one attached hydrogen (secondary N) is 1. The van der Waals surface area contributed by atoms with E-state index in [2.05, 4.69) is 33.9 Å². The molecule has 3 aliphatic heterocycles. The lowest BCUT2D eigenvalue weighted by Gasteiger charge is -2.51. The molecule has 2 aromatic carbocycles. The predicted molar refractivity (Wildman–Crippen MR) is 141 cm³/mol. The lowest BCUT2D eigenvalue weighted by Crippen LogP contribution is -2.57. The Balaban J connectivity index is 1.53. The Labute approximate surface area is 207 Å². The predicted octanol–water partition coefficient (Wildman–Crippen LogP) is 4.68. The summed E-state index contributed by atoms with van der Waals surface area (Å²) in [5, 5.41) is 4.44. The number of aromatic nitrogens is 1. The minimum atomic E-state index is -0.165. The molecule has 6 rings (SSSR count). The molecule has 35 heavy (non-hydrogen) atoms. The van der Waals surface area contributed by atoms with Crippen LogP contribution in [0, 0.1) is 11.8 Å². The van der Waals surface area contributed by atoms with E-state index in [0.717, 1.165) is 47.4 Å². The number of benzene rings is 2. The van der Waals surface area contributed by atoms with Gasteiger partial charge in [0.2, 0.25) is 0 Å². The van der Waals surface area contributed by atoms with Gasteiger partial charge in [-0.15, -0.1) is 6.58 Å². The fourth-order valence-corrected chi connectivity index (χ4v) is 5.79. The molecule has 6 nitrogen and oxygen atoms in total. The maximum atomic E-state index is 13.5. The molecule has 0 radical (unpaired) electrons. The number of hydrogen-bond donors (Lipinski definition) is 1. The Kier molecular flexibility index (Phi) is 6.48. The summed E-state index contributed by atoms with van der Waals surface area (Å²) in [6.07, 6.45) is 6.18. The fourth-order valence-electron chi connectivity index (χ4n) is 5.79. The molecule has 3 aliphatic rings. The first-order chi connectivity index (χ1) is 17.0. The highest BCUT2D eigenvalue weighted by molar-refractivity contribution is 5.95. The van der Waals surface area contributed by atoms with E-state index in [4.69, 9.17) is 4.74 Å². The van der Waals surface area contributed by atoms with Crippen LogP contribution in [0.3, 0.4) is 0 Å². The van der Waals surface area contributed by atoms with E-state index in [0.29, 0.717) is 17.4 Å². The molecular formula is C29H34N4O2. The molecule has 3 aromatic rings. The van der Waals surface area contributed by atoms with Crippen LogP contribution in [0.15, 0.2) is 67.4 Å². The molecule has 0 saturated carbocycles. The third-order valence-corrected chi connectivity index (χ3v) is 7.79. The summed E-state index contributed by atoms with van der Waals surface area (Å²) in [7, 11) is 5.67. The normalized spacial score (nSPS) is 24.1. The average Bonchev–Trinajstić information content (AvgIpc) is 2.91. The number of carbonyl (C=O) groups excluding carboxylic acids is 1. The summed E-state index contributed by atoms with van der Waals surface area (Å²) < 4.78 is 5.52. The first-order valence-corrected chi connectivity index (χ1v) is 12.4. The van der Waals surface area contributed by atoms with Gasteiger partial charge in [0.15, 0.2) is 0 Å². The quantitative estimate of drug-likeness (QED) is 0.508. The van der Waals surface area contributed by atoms with Gasteiger partial charge in [-0.05, 0) is 85.3 Å². The van der Waals surface area contributed by atoms with Crippen molar-refractivity contribution in [1.82, 2.24) is 15.2 Å². The van der Waals surface area contributed by atoms with Crippen LogP contribution in [0.2, 0.25) is 0 Å². The number of amides is 1. The standard InChI is InChI=1S/C29H34N4O2/c1-5-19-18-33-15-13-21(19)16-27(33)28(31-29(34)20-6-8-22(9-7-20)32(2)3)24-12-14-30-26-11-10-23(35-4)17-25(24)26/h5-12,14,17,19,21,27-28H,1,13,15-16,18H2,2-4H3,(H,31,34)/t19-,21-,27+,28+/m0/s1. The Morgan fingerprint density at radius 3 is 2.69 bits per heavy atom. The molecule has 1 amide bonds. The third-order valence-electron chi connectivity index (χ3n) is 7.79. The number of piperidine rings is 3. The molecule has 4 heterocycles. The van der Waals surface area contributed by atoms with Gasteiger partial charge in [-0.2, -0.15) is 0 Å². The Morgan fingerprint density at radius 1 is 1.23 bits per heavy atom. The molecule has 2 bridgehead atoms. The van der Waals surface area contributed by atoms with Crippen molar-refractivity contribution in [3.05, 3.63) is 78.5 Å². The van der Waals surface area contributed by atoms with Crippen LogP contribution in [0.5, 0.6) is 5.75 Å². The van der Waals surface area contributed by atoms with Gasteiger partial charge in [0, 0.05) is 49.5 Å². The van der Waals surface area contributed by atoms with E-state index in [1.54, 1.807) is 7.11 Å². The molecule has 5 atom stereocenters. The van der Waals surface area contributed by atoms with Crippen molar-refractivity contribution in [3.8, 4) is 5.75 Å². The summed E-state index contributed by atoms with van der Waals surface area (Å²) in [5.41, 5.74) is 3.71. The monoisotopic (exact) mass is 470 g/mol. The molecule has 0 spiro atoms. The SMILES string of the molecule is C=C[C@H]1CN2CC[C@H]1C[C@@H]2[C@H](NC(=O)c1ccc(N(C)C)cc1)c1ccnc2ccc(OC)cc12. The number of nitrogens with zero attached hydrogens (tertiary/aromatic N) is 3. The van der Waals surface area contributed by atoms with Crippen molar-refractivity contribution in [1.29, 1.82) is 0 Å². The maximum Gasteiger partial charge on any atom is 0.251 e. The van der Waals surface area contributed by atoms with Gasteiger partial charge in [0.05, 0.1) is 18.7 Å².